The van der Waals surface area contributed by atoms with Gasteiger partial charge in [0.2, 0.25) is 5.91 Å². The maximum atomic E-state index is 10.1. The molecule has 0 aromatic heterocycles. The highest BCUT2D eigenvalue weighted by Crippen LogP contribution is 2.26. The number of carbonyl (C=O) groups excluding carboxylic acids is 1. The third-order valence-electron chi connectivity index (χ3n) is 1.21. The van der Waals surface area contributed by atoms with Crippen molar-refractivity contribution in [2.24, 2.45) is 17.4 Å². The van der Waals surface area contributed by atoms with Gasteiger partial charge < -0.3 is 11.5 Å². The van der Waals surface area contributed by atoms with Gasteiger partial charge in [0.25, 0.3) is 0 Å². The predicted octanol–water partition coefficient (Wildman–Crippen LogP) is -1.18. The van der Waals surface area contributed by atoms with Crippen molar-refractivity contribution in [2.75, 3.05) is 0 Å². The van der Waals surface area contributed by atoms with E-state index in [0.717, 1.165) is 6.42 Å². The van der Waals surface area contributed by atoms with Crippen molar-refractivity contribution in [3.8, 4) is 0 Å². The predicted molar refractivity (Wildman–Crippen MR) is 25.3 cm³/mol. The highest BCUT2D eigenvalue weighted by atomic mass is 16.1. The Labute approximate surface area is 41.7 Å². The maximum absolute atomic E-state index is 10.1. The van der Waals surface area contributed by atoms with Crippen molar-refractivity contribution in [1.82, 2.24) is 0 Å². The first-order chi connectivity index (χ1) is 3.22. The molecule has 1 rings (SSSR count). The molecule has 0 spiro atoms. The van der Waals surface area contributed by atoms with Crippen LogP contribution in [-0.4, -0.2) is 11.9 Å². The van der Waals surface area contributed by atoms with Crippen LogP contribution in [0.3, 0.4) is 0 Å². The molecule has 0 aromatic carbocycles. The fourth-order valence-electron chi connectivity index (χ4n) is 0.542. The van der Waals surface area contributed by atoms with Crippen LogP contribution in [0.15, 0.2) is 0 Å². The molecule has 3 nitrogen and oxygen atoms in total. The van der Waals surface area contributed by atoms with Gasteiger partial charge in [-0.25, -0.2) is 0 Å². The molecule has 7 heavy (non-hydrogen) atoms. The van der Waals surface area contributed by atoms with Gasteiger partial charge in [0.1, 0.15) is 0 Å². The van der Waals surface area contributed by atoms with E-state index in [1.54, 1.807) is 0 Å². The van der Waals surface area contributed by atoms with Crippen LogP contribution < -0.4 is 11.5 Å². The second kappa shape index (κ2) is 1.20. The molecule has 2 atom stereocenters. The summed E-state index contributed by atoms with van der Waals surface area (Å²) in [5.41, 5.74) is 10.1. The summed E-state index contributed by atoms with van der Waals surface area (Å²) >= 11 is 0. The Bertz CT molecular complexity index is 102. The number of nitrogens with two attached hydrogens (primary N) is 2. The molecule has 0 heterocycles. The van der Waals surface area contributed by atoms with Crippen LogP contribution >= 0.6 is 0 Å². The van der Waals surface area contributed by atoms with E-state index in [0.29, 0.717) is 0 Å². The van der Waals surface area contributed by atoms with Gasteiger partial charge in [-0.2, -0.15) is 0 Å². The number of carbonyl (C=O) groups is 1. The summed E-state index contributed by atoms with van der Waals surface area (Å²) in [5.74, 6) is -0.271. The molecule has 0 aliphatic heterocycles. The SMILES string of the molecule is NC(=O)C1C[C@@H]1N. The first-order valence-corrected chi connectivity index (χ1v) is 2.26. The molecule has 40 valence electrons. The van der Waals surface area contributed by atoms with Gasteiger partial charge in [0.05, 0.1) is 5.92 Å². The van der Waals surface area contributed by atoms with Crippen molar-refractivity contribution in [3.05, 3.63) is 0 Å². The molecule has 1 aliphatic carbocycles. The Hall–Kier alpha value is -0.570. The minimum Gasteiger partial charge on any atom is -0.369 e. The molecule has 0 aromatic rings. The van der Waals surface area contributed by atoms with Crippen molar-refractivity contribution in [2.45, 2.75) is 12.5 Å². The quantitative estimate of drug-likeness (QED) is 0.435. The van der Waals surface area contributed by atoms with Crippen molar-refractivity contribution in [1.29, 1.82) is 0 Å². The molecule has 0 saturated heterocycles. The van der Waals surface area contributed by atoms with Crippen LogP contribution in [0.25, 0.3) is 0 Å². The average Bonchev–Trinajstić information content (AvgIpc) is 2.17. The zero-order valence-electron chi connectivity index (χ0n) is 3.92. The molecule has 0 radical (unpaired) electrons. The number of primary amides is 1. The smallest absolute Gasteiger partial charge is 0.222 e. The molecular weight excluding hydrogens is 92.1 g/mol. The lowest BCUT2D eigenvalue weighted by Crippen LogP contribution is -2.18. The molecule has 1 aliphatic rings. The fourth-order valence-corrected chi connectivity index (χ4v) is 0.542. The van der Waals surface area contributed by atoms with Crippen LogP contribution in [0.1, 0.15) is 6.42 Å². The molecule has 1 fully saturated rings. The zero-order chi connectivity index (χ0) is 5.44. The Morgan fingerprint density at radius 1 is 1.71 bits per heavy atom. The Morgan fingerprint density at radius 2 is 2.14 bits per heavy atom. The summed E-state index contributed by atoms with van der Waals surface area (Å²) in [6.45, 7) is 0. The van der Waals surface area contributed by atoms with E-state index in [-0.39, 0.29) is 17.9 Å². The van der Waals surface area contributed by atoms with Crippen LogP contribution in [-0.2, 0) is 4.79 Å². The highest BCUT2D eigenvalue weighted by Gasteiger charge is 2.38. The number of rotatable bonds is 1. The Kier molecular flexibility index (Phi) is 0.785. The largest absolute Gasteiger partial charge is 0.369 e. The Morgan fingerprint density at radius 3 is 2.14 bits per heavy atom. The lowest BCUT2D eigenvalue weighted by molar-refractivity contribution is -0.119. The van der Waals surface area contributed by atoms with Gasteiger partial charge in [-0.15, -0.1) is 0 Å². The standard InChI is InChI=1S/C4H8N2O/c5-3-1-2(3)4(6)7/h2-3H,1,5H2,(H2,6,7)/t2?,3-/m0/s1. The lowest BCUT2D eigenvalue weighted by atomic mass is 10.4. The van der Waals surface area contributed by atoms with Crippen LogP contribution in [0, 0.1) is 5.92 Å². The lowest BCUT2D eigenvalue weighted by Gasteiger charge is -1.81. The molecule has 0 bridgehead atoms. The summed E-state index contributed by atoms with van der Waals surface area (Å²) in [6, 6.07) is 0.0671. The van der Waals surface area contributed by atoms with Gasteiger partial charge in [-0.05, 0) is 6.42 Å². The molecule has 1 amide bonds. The minimum atomic E-state index is -0.257. The van der Waals surface area contributed by atoms with E-state index >= 15 is 0 Å². The van der Waals surface area contributed by atoms with Crippen molar-refractivity contribution in [3.63, 3.8) is 0 Å². The topological polar surface area (TPSA) is 69.1 Å². The normalized spacial score (nSPS) is 37.9. The first kappa shape index (κ1) is 4.59. The van der Waals surface area contributed by atoms with Crippen LogP contribution in [0.4, 0.5) is 0 Å². The second-order valence-electron chi connectivity index (χ2n) is 1.91. The summed E-state index contributed by atoms with van der Waals surface area (Å²) in [4.78, 5) is 10.1. The van der Waals surface area contributed by atoms with Gasteiger partial charge in [0.15, 0.2) is 0 Å². The molecule has 1 saturated carbocycles. The number of hydrogen-bond acceptors (Lipinski definition) is 2. The third-order valence-corrected chi connectivity index (χ3v) is 1.21. The molecule has 1 unspecified atom stereocenters. The van der Waals surface area contributed by atoms with Gasteiger partial charge >= 0.3 is 0 Å². The van der Waals surface area contributed by atoms with Crippen molar-refractivity contribution >= 4 is 5.91 Å². The van der Waals surface area contributed by atoms with E-state index in [1.165, 1.54) is 0 Å². The number of hydrogen-bond donors (Lipinski definition) is 2. The van der Waals surface area contributed by atoms with Gasteiger partial charge in [-0.1, -0.05) is 0 Å². The number of amides is 1. The van der Waals surface area contributed by atoms with E-state index in [1.807, 2.05) is 0 Å². The summed E-state index contributed by atoms with van der Waals surface area (Å²) in [7, 11) is 0. The fraction of sp³-hybridized carbons (Fsp3) is 0.750. The van der Waals surface area contributed by atoms with Crippen LogP contribution in [0.2, 0.25) is 0 Å². The summed E-state index contributed by atoms with van der Waals surface area (Å²) in [5, 5.41) is 0. The maximum Gasteiger partial charge on any atom is 0.222 e. The van der Waals surface area contributed by atoms with E-state index in [4.69, 9.17) is 11.5 Å². The summed E-state index contributed by atoms with van der Waals surface area (Å²) in [6.07, 6.45) is 0.787. The first-order valence-electron chi connectivity index (χ1n) is 2.26. The van der Waals surface area contributed by atoms with E-state index < -0.39 is 0 Å². The average molecular weight is 100 g/mol. The van der Waals surface area contributed by atoms with Gasteiger partial charge in [0, 0.05) is 6.04 Å². The van der Waals surface area contributed by atoms with E-state index in [9.17, 15) is 4.79 Å². The molecule has 3 heteroatoms. The highest BCUT2D eigenvalue weighted by molar-refractivity contribution is 5.80. The monoisotopic (exact) mass is 100 g/mol. The molecular formula is C4H8N2O. The molecule has 4 N–H and O–H groups in total. The van der Waals surface area contributed by atoms with E-state index in [2.05, 4.69) is 0 Å². The third kappa shape index (κ3) is 0.718. The summed E-state index contributed by atoms with van der Waals surface area (Å²) < 4.78 is 0. The van der Waals surface area contributed by atoms with Gasteiger partial charge in [-0.3, -0.25) is 4.79 Å². The van der Waals surface area contributed by atoms with Crippen LogP contribution in [0.5, 0.6) is 0 Å². The second-order valence-corrected chi connectivity index (χ2v) is 1.91. The zero-order valence-corrected chi connectivity index (χ0v) is 3.92. The Balaban J connectivity index is 2.33. The van der Waals surface area contributed by atoms with Crippen molar-refractivity contribution < 1.29 is 4.79 Å². The minimum absolute atomic E-state index is 0.0139.